The Morgan fingerprint density at radius 3 is 2.94 bits per heavy atom. The van der Waals surface area contributed by atoms with Crippen LogP contribution in [0.5, 0.6) is 0 Å². The highest BCUT2D eigenvalue weighted by molar-refractivity contribution is 5.72. The summed E-state index contributed by atoms with van der Waals surface area (Å²) in [7, 11) is 0. The van der Waals surface area contributed by atoms with Gasteiger partial charge in [-0.2, -0.15) is 0 Å². The van der Waals surface area contributed by atoms with Crippen molar-refractivity contribution in [3.8, 4) is 0 Å². The third-order valence-corrected chi connectivity index (χ3v) is 2.75. The molecule has 0 aromatic heterocycles. The molecule has 0 amide bonds. The number of carbonyl (C=O) groups excluding carboxylic acids is 1. The van der Waals surface area contributed by atoms with E-state index in [9.17, 15) is 9.90 Å². The van der Waals surface area contributed by atoms with Crippen LogP contribution in [0.4, 0.5) is 0 Å². The number of ether oxygens (including phenoxy) is 2. The lowest BCUT2D eigenvalue weighted by Crippen LogP contribution is -2.38. The van der Waals surface area contributed by atoms with Gasteiger partial charge in [0.15, 0.2) is 5.60 Å². The van der Waals surface area contributed by atoms with Gasteiger partial charge >= 0.3 is 5.97 Å². The molecule has 1 N–H and O–H groups in total. The number of aliphatic hydroxyl groups is 1. The number of cyclic esters (lactones) is 1. The number of allylic oxidation sites excluding steroid dienone is 3. The number of hydrogen-bond acceptors (Lipinski definition) is 4. The van der Waals surface area contributed by atoms with Crippen molar-refractivity contribution in [3.05, 3.63) is 36.5 Å². The van der Waals surface area contributed by atoms with Gasteiger partial charge in [-0.05, 0) is 12.5 Å². The third-order valence-electron chi connectivity index (χ3n) is 2.75. The van der Waals surface area contributed by atoms with Crippen LogP contribution in [0.1, 0.15) is 19.8 Å². The summed E-state index contributed by atoms with van der Waals surface area (Å²) in [5.41, 5.74) is 0.122. The molecule has 1 heterocycles. The molecule has 4 nitrogen and oxygen atoms in total. The third kappa shape index (κ3) is 4.13. The summed E-state index contributed by atoms with van der Waals surface area (Å²) in [4.78, 5) is 11.1. The smallest absolute Gasteiger partial charge is 0.306 e. The largest absolute Gasteiger partial charge is 0.454 e. The summed E-state index contributed by atoms with van der Waals surface area (Å²) in [5.74, 6) is -0.275. The van der Waals surface area contributed by atoms with Crippen molar-refractivity contribution in [2.45, 2.75) is 25.4 Å². The van der Waals surface area contributed by atoms with Crippen LogP contribution >= 0.6 is 0 Å². The summed E-state index contributed by atoms with van der Waals surface area (Å²) < 4.78 is 10.7. The fourth-order valence-electron chi connectivity index (χ4n) is 1.80. The number of rotatable bonds is 7. The molecule has 0 saturated carbocycles. The van der Waals surface area contributed by atoms with Gasteiger partial charge in [0.05, 0.1) is 19.8 Å². The number of aliphatic hydroxyl groups excluding tert-OH is 1. The van der Waals surface area contributed by atoms with Gasteiger partial charge in [-0.1, -0.05) is 30.9 Å². The van der Waals surface area contributed by atoms with Crippen LogP contribution in [0.2, 0.25) is 0 Å². The second-order valence-corrected chi connectivity index (χ2v) is 4.29. The quantitative estimate of drug-likeness (QED) is 0.554. The molecular weight excluding hydrogens is 232 g/mol. The molecule has 0 aromatic carbocycles. The highest BCUT2D eigenvalue weighted by atomic mass is 16.6. The SMILES string of the molecule is C=C/C=C(\C=C/C)COCC1(CO)CCC(=O)O1. The Labute approximate surface area is 108 Å². The van der Waals surface area contributed by atoms with E-state index < -0.39 is 5.60 Å². The summed E-state index contributed by atoms with van der Waals surface area (Å²) in [5, 5.41) is 9.30. The van der Waals surface area contributed by atoms with Gasteiger partial charge in [0.1, 0.15) is 0 Å². The maximum absolute atomic E-state index is 11.1. The van der Waals surface area contributed by atoms with E-state index in [0.717, 1.165) is 5.57 Å². The fraction of sp³-hybridized carbons (Fsp3) is 0.500. The first-order valence-corrected chi connectivity index (χ1v) is 6.00. The topological polar surface area (TPSA) is 55.8 Å². The van der Waals surface area contributed by atoms with Crippen molar-refractivity contribution < 1.29 is 19.4 Å². The van der Waals surface area contributed by atoms with E-state index in [4.69, 9.17) is 9.47 Å². The van der Waals surface area contributed by atoms with Gasteiger partial charge in [0, 0.05) is 12.8 Å². The Morgan fingerprint density at radius 2 is 2.44 bits per heavy atom. The van der Waals surface area contributed by atoms with Gasteiger partial charge in [-0.15, -0.1) is 0 Å². The van der Waals surface area contributed by atoms with Crippen LogP contribution in [0.25, 0.3) is 0 Å². The maximum atomic E-state index is 11.1. The summed E-state index contributed by atoms with van der Waals surface area (Å²) in [6, 6.07) is 0. The summed E-state index contributed by atoms with van der Waals surface area (Å²) in [6.07, 6.45) is 8.23. The maximum Gasteiger partial charge on any atom is 0.306 e. The van der Waals surface area contributed by atoms with Crippen LogP contribution in [-0.4, -0.2) is 36.5 Å². The first kappa shape index (κ1) is 14.7. The van der Waals surface area contributed by atoms with Crippen molar-refractivity contribution in [1.29, 1.82) is 0 Å². The Morgan fingerprint density at radius 1 is 1.67 bits per heavy atom. The lowest BCUT2D eigenvalue weighted by atomic mass is 10.0. The van der Waals surface area contributed by atoms with E-state index in [2.05, 4.69) is 6.58 Å². The number of esters is 1. The van der Waals surface area contributed by atoms with Crippen molar-refractivity contribution in [2.75, 3.05) is 19.8 Å². The van der Waals surface area contributed by atoms with Crippen LogP contribution in [-0.2, 0) is 14.3 Å². The second-order valence-electron chi connectivity index (χ2n) is 4.29. The standard InChI is InChI=1S/C14H20O4/c1-3-5-12(6-4-2)9-17-11-14(10-15)8-7-13(16)18-14/h3-6,15H,1,7-11H2,2H3/b6-4-,12-5+. The van der Waals surface area contributed by atoms with E-state index in [1.54, 1.807) is 6.08 Å². The van der Waals surface area contributed by atoms with E-state index >= 15 is 0 Å². The van der Waals surface area contributed by atoms with Crippen molar-refractivity contribution in [2.24, 2.45) is 0 Å². The van der Waals surface area contributed by atoms with E-state index in [0.29, 0.717) is 19.4 Å². The van der Waals surface area contributed by atoms with Crippen LogP contribution in [0, 0.1) is 0 Å². The zero-order valence-electron chi connectivity index (χ0n) is 10.7. The zero-order valence-corrected chi connectivity index (χ0v) is 10.7. The molecule has 1 fully saturated rings. The fourth-order valence-corrected chi connectivity index (χ4v) is 1.80. The highest BCUT2D eigenvalue weighted by Crippen LogP contribution is 2.26. The minimum absolute atomic E-state index is 0.205. The first-order chi connectivity index (χ1) is 8.65. The zero-order chi connectivity index (χ0) is 13.4. The molecule has 0 aliphatic carbocycles. The molecular formula is C14H20O4. The Kier molecular flexibility index (Phi) is 5.82. The molecule has 1 saturated heterocycles. The number of carbonyl (C=O) groups is 1. The molecule has 4 heteroatoms. The summed E-state index contributed by atoms with van der Waals surface area (Å²) in [6.45, 7) is 5.96. The van der Waals surface area contributed by atoms with Crippen LogP contribution < -0.4 is 0 Å². The van der Waals surface area contributed by atoms with Gasteiger partial charge < -0.3 is 14.6 Å². The average Bonchev–Trinajstić information content (AvgIpc) is 2.72. The predicted molar refractivity (Wildman–Crippen MR) is 69.1 cm³/mol. The summed E-state index contributed by atoms with van der Waals surface area (Å²) >= 11 is 0. The van der Waals surface area contributed by atoms with E-state index in [-0.39, 0.29) is 19.2 Å². The minimum Gasteiger partial charge on any atom is -0.454 e. The molecule has 1 aliphatic rings. The molecule has 1 atom stereocenters. The minimum atomic E-state index is -0.855. The van der Waals surface area contributed by atoms with Crippen LogP contribution in [0.3, 0.4) is 0 Å². The lowest BCUT2D eigenvalue weighted by Gasteiger charge is -2.24. The van der Waals surface area contributed by atoms with Crippen molar-refractivity contribution >= 4 is 5.97 Å². The Bertz CT molecular complexity index is 357. The average molecular weight is 252 g/mol. The molecule has 18 heavy (non-hydrogen) atoms. The molecule has 0 bridgehead atoms. The first-order valence-electron chi connectivity index (χ1n) is 6.00. The lowest BCUT2D eigenvalue weighted by molar-refractivity contribution is -0.157. The van der Waals surface area contributed by atoms with Crippen molar-refractivity contribution in [3.63, 3.8) is 0 Å². The van der Waals surface area contributed by atoms with Crippen molar-refractivity contribution in [1.82, 2.24) is 0 Å². The molecule has 0 radical (unpaired) electrons. The van der Waals surface area contributed by atoms with Gasteiger partial charge in [-0.3, -0.25) is 4.79 Å². The monoisotopic (exact) mass is 252 g/mol. The van der Waals surface area contributed by atoms with Gasteiger partial charge in [0.2, 0.25) is 0 Å². The molecule has 1 rings (SSSR count). The van der Waals surface area contributed by atoms with Gasteiger partial charge in [-0.25, -0.2) is 0 Å². The molecule has 1 unspecified atom stereocenters. The normalized spacial score (nSPS) is 24.6. The second kappa shape index (κ2) is 7.13. The Balaban J connectivity index is 2.46. The molecule has 100 valence electrons. The molecule has 0 spiro atoms. The molecule has 1 aliphatic heterocycles. The van der Waals surface area contributed by atoms with E-state index in [1.807, 2.05) is 25.2 Å². The number of hydrogen-bond donors (Lipinski definition) is 1. The van der Waals surface area contributed by atoms with E-state index in [1.165, 1.54) is 0 Å². The highest BCUT2D eigenvalue weighted by Gasteiger charge is 2.40. The van der Waals surface area contributed by atoms with Gasteiger partial charge in [0.25, 0.3) is 0 Å². The molecule has 0 aromatic rings. The van der Waals surface area contributed by atoms with Crippen LogP contribution in [0.15, 0.2) is 36.5 Å². The Hall–Kier alpha value is -1.39. The predicted octanol–water partition coefficient (Wildman–Crippen LogP) is 1.76.